The van der Waals surface area contributed by atoms with Crippen LogP contribution in [-0.4, -0.2) is 12.5 Å². The SMILES string of the molecule is C=C(O[P+](=O)OCC)C(N)=O. The molecule has 0 aliphatic carbocycles. The number of hydrogen-bond acceptors (Lipinski definition) is 4. The molecule has 2 N–H and O–H groups in total. The number of primary amides is 1. The van der Waals surface area contributed by atoms with E-state index in [1.165, 1.54) is 0 Å². The molecule has 1 unspecified atom stereocenters. The van der Waals surface area contributed by atoms with Gasteiger partial charge in [0.15, 0.2) is 0 Å². The van der Waals surface area contributed by atoms with Crippen LogP contribution in [0.3, 0.4) is 0 Å². The van der Waals surface area contributed by atoms with Gasteiger partial charge in [-0.05, 0) is 13.5 Å². The van der Waals surface area contributed by atoms with Gasteiger partial charge in [-0.2, -0.15) is 0 Å². The van der Waals surface area contributed by atoms with Crippen LogP contribution in [0.1, 0.15) is 6.92 Å². The lowest BCUT2D eigenvalue weighted by Gasteiger charge is -1.88. The Labute approximate surface area is 65.1 Å². The topological polar surface area (TPSA) is 78.6 Å². The molecule has 0 aliphatic heterocycles. The summed E-state index contributed by atoms with van der Waals surface area (Å²) in [6.45, 7) is 5.00. The van der Waals surface area contributed by atoms with Crippen LogP contribution in [0.2, 0.25) is 0 Å². The number of amides is 1. The van der Waals surface area contributed by atoms with Gasteiger partial charge in [0, 0.05) is 4.57 Å². The van der Waals surface area contributed by atoms with Crippen LogP contribution >= 0.6 is 8.25 Å². The number of carbonyl (C=O) groups is 1. The Morgan fingerprint density at radius 1 is 1.73 bits per heavy atom. The van der Waals surface area contributed by atoms with E-state index in [1.54, 1.807) is 6.92 Å². The molecule has 0 bridgehead atoms. The molecule has 1 amide bonds. The average molecular weight is 178 g/mol. The van der Waals surface area contributed by atoms with Gasteiger partial charge < -0.3 is 5.73 Å². The van der Waals surface area contributed by atoms with Crippen LogP contribution in [0.15, 0.2) is 12.3 Å². The quantitative estimate of drug-likeness (QED) is 0.381. The van der Waals surface area contributed by atoms with Gasteiger partial charge in [-0.15, -0.1) is 4.52 Å². The van der Waals surface area contributed by atoms with Crippen LogP contribution in [0.4, 0.5) is 0 Å². The van der Waals surface area contributed by atoms with Gasteiger partial charge in [0.05, 0.1) is 0 Å². The molecular weight excluding hydrogens is 169 g/mol. The van der Waals surface area contributed by atoms with E-state index in [2.05, 4.69) is 15.6 Å². The number of rotatable bonds is 5. The highest BCUT2D eigenvalue weighted by Crippen LogP contribution is 2.26. The maximum absolute atomic E-state index is 10.6. The van der Waals surface area contributed by atoms with E-state index in [1.807, 2.05) is 0 Å². The minimum absolute atomic E-state index is 0.237. The van der Waals surface area contributed by atoms with Crippen LogP contribution in [-0.2, 0) is 18.4 Å². The van der Waals surface area contributed by atoms with Crippen molar-refractivity contribution >= 4 is 14.2 Å². The van der Waals surface area contributed by atoms with Gasteiger partial charge >= 0.3 is 8.25 Å². The number of hydrogen-bond donors (Lipinski definition) is 1. The summed E-state index contributed by atoms with van der Waals surface area (Å²) in [7, 11) is -2.30. The van der Waals surface area contributed by atoms with E-state index >= 15 is 0 Å². The zero-order chi connectivity index (χ0) is 8.85. The van der Waals surface area contributed by atoms with E-state index in [0.717, 1.165) is 0 Å². The summed E-state index contributed by atoms with van der Waals surface area (Å²) < 4.78 is 19.4. The Balaban J connectivity index is 3.76. The zero-order valence-electron chi connectivity index (χ0n) is 6.07. The van der Waals surface area contributed by atoms with Gasteiger partial charge in [-0.25, -0.2) is 4.52 Å². The molecule has 0 aromatic carbocycles. The highest BCUT2D eigenvalue weighted by atomic mass is 31.1. The first-order chi connectivity index (χ1) is 5.07. The van der Waals surface area contributed by atoms with Gasteiger partial charge in [0.25, 0.3) is 5.91 Å². The van der Waals surface area contributed by atoms with Crippen molar-refractivity contribution in [1.82, 2.24) is 0 Å². The van der Waals surface area contributed by atoms with E-state index in [9.17, 15) is 9.36 Å². The van der Waals surface area contributed by atoms with Gasteiger partial charge in [0.1, 0.15) is 6.61 Å². The minimum atomic E-state index is -2.30. The molecule has 11 heavy (non-hydrogen) atoms. The number of nitrogens with two attached hydrogens (primary N) is 1. The van der Waals surface area contributed by atoms with Gasteiger partial charge in [0.2, 0.25) is 5.76 Å². The monoisotopic (exact) mass is 178 g/mol. The van der Waals surface area contributed by atoms with Gasteiger partial charge in [-0.3, -0.25) is 4.79 Å². The molecule has 0 heterocycles. The van der Waals surface area contributed by atoms with Gasteiger partial charge in [-0.1, -0.05) is 0 Å². The normalized spacial score (nSPS) is 10.5. The second-order valence-corrected chi connectivity index (χ2v) is 2.41. The first-order valence-electron chi connectivity index (χ1n) is 2.84. The molecule has 0 rings (SSSR count). The van der Waals surface area contributed by atoms with Crippen LogP contribution in [0, 0.1) is 0 Å². The molecule has 1 atom stereocenters. The fourth-order valence-electron chi connectivity index (χ4n) is 0.267. The molecule has 6 heteroatoms. The van der Waals surface area contributed by atoms with E-state index in [4.69, 9.17) is 5.73 Å². The highest BCUT2D eigenvalue weighted by Gasteiger charge is 2.23. The maximum Gasteiger partial charge on any atom is 0.750 e. The second kappa shape index (κ2) is 4.82. The first kappa shape index (κ1) is 10.1. The van der Waals surface area contributed by atoms with Crippen LogP contribution < -0.4 is 5.73 Å². The maximum atomic E-state index is 10.6. The molecule has 0 fully saturated rings. The summed E-state index contributed by atoms with van der Waals surface area (Å²) in [5, 5.41) is 0. The summed E-state index contributed by atoms with van der Waals surface area (Å²) in [6, 6.07) is 0. The molecule has 0 spiro atoms. The summed E-state index contributed by atoms with van der Waals surface area (Å²) in [4.78, 5) is 10.3. The third-order valence-electron chi connectivity index (χ3n) is 0.694. The Kier molecular flexibility index (Phi) is 4.41. The Bertz CT molecular complexity index is 191. The predicted molar refractivity (Wildman–Crippen MR) is 38.7 cm³/mol. The summed E-state index contributed by atoms with van der Waals surface area (Å²) in [5.41, 5.74) is 4.73. The smallest absolute Gasteiger partial charge is 0.363 e. The van der Waals surface area contributed by atoms with Crippen LogP contribution in [0.25, 0.3) is 0 Å². The Hall–Kier alpha value is -0.930. The molecule has 0 aromatic heterocycles. The highest BCUT2D eigenvalue weighted by molar-refractivity contribution is 7.33. The minimum Gasteiger partial charge on any atom is -0.363 e. The fraction of sp³-hybridized carbons (Fsp3) is 0.400. The molecular formula is C5H9NO4P+. The lowest BCUT2D eigenvalue weighted by molar-refractivity contribution is -0.116. The Morgan fingerprint density at radius 2 is 2.27 bits per heavy atom. The second-order valence-electron chi connectivity index (χ2n) is 1.52. The standard InChI is InChI=1S/C5H8NO4P/c1-3-9-11(8)10-4(2)5(6)7/h2-3H2,1H3,(H-,6,7)/p+1. The van der Waals surface area contributed by atoms with Crippen molar-refractivity contribution in [2.45, 2.75) is 6.92 Å². The fourth-order valence-corrected chi connectivity index (χ4v) is 0.800. The largest absolute Gasteiger partial charge is 0.750 e. The lowest BCUT2D eigenvalue weighted by atomic mass is 10.6. The molecule has 5 nitrogen and oxygen atoms in total. The average Bonchev–Trinajstić information content (AvgIpc) is 1.87. The van der Waals surface area contributed by atoms with Crippen molar-refractivity contribution in [2.24, 2.45) is 5.73 Å². The summed E-state index contributed by atoms with van der Waals surface area (Å²) >= 11 is 0. The summed E-state index contributed by atoms with van der Waals surface area (Å²) in [5.74, 6) is -1.22. The molecule has 0 saturated carbocycles. The predicted octanol–water partition coefficient (Wildman–Crippen LogP) is 0.696. The Morgan fingerprint density at radius 3 is 2.64 bits per heavy atom. The van der Waals surface area contributed by atoms with Crippen molar-refractivity contribution in [2.75, 3.05) is 6.61 Å². The molecule has 0 radical (unpaired) electrons. The van der Waals surface area contributed by atoms with Crippen molar-refractivity contribution in [3.8, 4) is 0 Å². The van der Waals surface area contributed by atoms with Crippen molar-refractivity contribution in [3.05, 3.63) is 12.3 Å². The first-order valence-corrected chi connectivity index (χ1v) is 3.94. The van der Waals surface area contributed by atoms with Crippen molar-refractivity contribution in [1.29, 1.82) is 0 Å². The van der Waals surface area contributed by atoms with E-state index < -0.39 is 14.2 Å². The molecule has 62 valence electrons. The molecule has 0 saturated heterocycles. The third-order valence-corrected chi connectivity index (χ3v) is 1.53. The molecule has 0 aliphatic rings. The zero-order valence-corrected chi connectivity index (χ0v) is 6.97. The number of carbonyl (C=O) groups excluding carboxylic acids is 1. The summed E-state index contributed by atoms with van der Waals surface area (Å²) in [6.07, 6.45) is 0. The van der Waals surface area contributed by atoms with Crippen molar-refractivity contribution < 1.29 is 18.4 Å². The third kappa shape index (κ3) is 4.47. The van der Waals surface area contributed by atoms with E-state index in [-0.39, 0.29) is 12.4 Å². The lowest BCUT2D eigenvalue weighted by Crippen LogP contribution is -2.13. The molecule has 0 aromatic rings. The van der Waals surface area contributed by atoms with Crippen LogP contribution in [0.5, 0.6) is 0 Å². The van der Waals surface area contributed by atoms with E-state index in [0.29, 0.717) is 0 Å². The van der Waals surface area contributed by atoms with Crippen molar-refractivity contribution in [3.63, 3.8) is 0 Å².